The third kappa shape index (κ3) is 6.79. The highest BCUT2D eigenvalue weighted by atomic mass is 79.9. The molecule has 0 fully saturated rings. The third-order valence-electron chi connectivity index (χ3n) is 2.15. The van der Waals surface area contributed by atoms with Gasteiger partial charge in [0, 0.05) is 10.9 Å². The highest BCUT2D eigenvalue weighted by Gasteiger charge is 2.27. The Morgan fingerprint density at radius 1 is 1.21 bits per heavy atom. The lowest BCUT2D eigenvalue weighted by Crippen LogP contribution is -2.18. The van der Waals surface area contributed by atoms with Gasteiger partial charge in [0.05, 0.1) is 19.8 Å². The molecule has 0 spiro atoms. The molecular formula is C12H14BrF3O3. The van der Waals surface area contributed by atoms with Gasteiger partial charge in [-0.2, -0.15) is 13.2 Å². The van der Waals surface area contributed by atoms with Crippen LogP contribution in [0.15, 0.2) is 22.7 Å². The Labute approximate surface area is 117 Å². The van der Waals surface area contributed by atoms with Gasteiger partial charge in [0.1, 0.15) is 12.4 Å². The number of halogens is 4. The van der Waals surface area contributed by atoms with Crippen LogP contribution in [0.5, 0.6) is 5.75 Å². The van der Waals surface area contributed by atoms with Gasteiger partial charge in [-0.1, -0.05) is 15.9 Å². The fraction of sp³-hybridized carbons (Fsp3) is 0.500. The fourth-order valence-electron chi connectivity index (χ4n) is 1.30. The van der Waals surface area contributed by atoms with Crippen LogP contribution in [-0.4, -0.2) is 31.1 Å². The molecule has 1 rings (SSSR count). The van der Waals surface area contributed by atoms with E-state index in [4.69, 9.17) is 9.84 Å². The van der Waals surface area contributed by atoms with Crippen LogP contribution in [-0.2, 0) is 11.3 Å². The van der Waals surface area contributed by atoms with E-state index in [9.17, 15) is 13.2 Å². The average molecular weight is 343 g/mol. The lowest BCUT2D eigenvalue weighted by Gasteiger charge is -2.10. The Morgan fingerprint density at radius 3 is 2.58 bits per heavy atom. The zero-order chi connectivity index (χ0) is 14.3. The maximum Gasteiger partial charge on any atom is 0.411 e. The Bertz CT molecular complexity index is 396. The zero-order valence-electron chi connectivity index (χ0n) is 10.0. The minimum Gasteiger partial charge on any atom is -0.493 e. The van der Waals surface area contributed by atoms with Crippen molar-refractivity contribution in [2.45, 2.75) is 19.2 Å². The van der Waals surface area contributed by atoms with Gasteiger partial charge in [-0.15, -0.1) is 0 Å². The lowest BCUT2D eigenvalue weighted by molar-refractivity contribution is -0.174. The minimum absolute atomic E-state index is 0.0110. The van der Waals surface area contributed by atoms with Gasteiger partial charge in [-0.05, 0) is 23.8 Å². The third-order valence-corrected chi connectivity index (χ3v) is 2.93. The van der Waals surface area contributed by atoms with Crippen molar-refractivity contribution in [3.63, 3.8) is 0 Å². The molecule has 0 bridgehead atoms. The van der Waals surface area contributed by atoms with Crippen molar-refractivity contribution in [1.82, 2.24) is 0 Å². The van der Waals surface area contributed by atoms with Crippen molar-refractivity contribution in [1.29, 1.82) is 0 Å². The van der Waals surface area contributed by atoms with E-state index in [1.165, 1.54) is 0 Å². The quantitative estimate of drug-likeness (QED) is 0.773. The number of aliphatic hydroxyl groups is 1. The average Bonchev–Trinajstić information content (AvgIpc) is 2.34. The number of hydrogen-bond donors (Lipinski definition) is 1. The molecule has 0 aromatic heterocycles. The summed E-state index contributed by atoms with van der Waals surface area (Å²) in [6, 6.07) is 5.11. The van der Waals surface area contributed by atoms with Crippen LogP contribution in [0.25, 0.3) is 0 Å². The second kappa shape index (κ2) is 7.72. The van der Waals surface area contributed by atoms with Crippen molar-refractivity contribution < 1.29 is 27.8 Å². The molecule has 0 unspecified atom stereocenters. The van der Waals surface area contributed by atoms with Gasteiger partial charge < -0.3 is 14.6 Å². The van der Waals surface area contributed by atoms with E-state index in [0.29, 0.717) is 17.7 Å². The smallest absolute Gasteiger partial charge is 0.411 e. The highest BCUT2D eigenvalue weighted by Crippen LogP contribution is 2.22. The summed E-state index contributed by atoms with van der Waals surface area (Å²) in [5.74, 6) is 0.558. The monoisotopic (exact) mass is 342 g/mol. The number of ether oxygens (including phenoxy) is 2. The summed E-state index contributed by atoms with van der Waals surface area (Å²) < 4.78 is 45.9. The minimum atomic E-state index is -4.29. The molecule has 0 aliphatic heterocycles. The number of alkyl halides is 3. The summed E-state index contributed by atoms with van der Waals surface area (Å²) in [4.78, 5) is 0. The summed E-state index contributed by atoms with van der Waals surface area (Å²) in [5.41, 5.74) is 0.686. The van der Waals surface area contributed by atoms with Gasteiger partial charge in [-0.25, -0.2) is 0 Å². The van der Waals surface area contributed by atoms with Crippen LogP contribution in [0.2, 0.25) is 0 Å². The second-order valence-electron chi connectivity index (χ2n) is 3.78. The van der Waals surface area contributed by atoms with Gasteiger partial charge in [0.15, 0.2) is 0 Å². The normalized spacial score (nSPS) is 11.6. The van der Waals surface area contributed by atoms with Crippen molar-refractivity contribution in [2.24, 2.45) is 0 Å². The Morgan fingerprint density at radius 2 is 1.95 bits per heavy atom. The Hall–Kier alpha value is -0.790. The molecule has 7 heteroatoms. The molecule has 0 atom stereocenters. The number of hydrogen-bond acceptors (Lipinski definition) is 3. The maximum atomic E-state index is 11.8. The van der Waals surface area contributed by atoms with Crippen LogP contribution in [0.1, 0.15) is 12.0 Å². The number of benzene rings is 1. The summed E-state index contributed by atoms with van der Waals surface area (Å²) in [6.45, 7) is -1.11. The number of aliphatic hydroxyl groups excluding tert-OH is 1. The topological polar surface area (TPSA) is 38.7 Å². The molecule has 3 nitrogen and oxygen atoms in total. The van der Waals surface area contributed by atoms with Crippen molar-refractivity contribution in [3.05, 3.63) is 28.2 Å². The molecule has 1 aromatic rings. The van der Waals surface area contributed by atoms with Crippen molar-refractivity contribution in [2.75, 3.05) is 19.8 Å². The summed E-state index contributed by atoms with van der Waals surface area (Å²) in [7, 11) is 0. The SMILES string of the molecule is OCc1cc(OCCCOCC(F)(F)F)ccc1Br. The molecule has 0 radical (unpaired) electrons. The molecule has 1 aromatic carbocycles. The highest BCUT2D eigenvalue weighted by molar-refractivity contribution is 9.10. The zero-order valence-corrected chi connectivity index (χ0v) is 11.6. The van der Waals surface area contributed by atoms with Crippen LogP contribution < -0.4 is 4.74 Å². The first kappa shape index (κ1) is 16.3. The van der Waals surface area contributed by atoms with Gasteiger partial charge in [-0.3, -0.25) is 0 Å². The molecule has 0 aliphatic carbocycles. The van der Waals surface area contributed by atoms with E-state index in [2.05, 4.69) is 20.7 Å². The molecular weight excluding hydrogens is 329 g/mol. The molecule has 0 saturated heterocycles. The van der Waals surface area contributed by atoms with E-state index in [1.54, 1.807) is 18.2 Å². The van der Waals surface area contributed by atoms with E-state index in [1.807, 2.05) is 0 Å². The largest absolute Gasteiger partial charge is 0.493 e. The Balaban J connectivity index is 2.23. The lowest BCUT2D eigenvalue weighted by atomic mass is 10.2. The van der Waals surface area contributed by atoms with Crippen LogP contribution >= 0.6 is 15.9 Å². The molecule has 108 valence electrons. The van der Waals surface area contributed by atoms with E-state index in [-0.39, 0.29) is 19.8 Å². The number of rotatable bonds is 7. The fourth-order valence-corrected chi connectivity index (χ4v) is 1.67. The standard InChI is InChI=1S/C12H14BrF3O3/c13-11-3-2-10(6-9(11)7-17)19-5-1-4-18-8-12(14,15)16/h2-3,6,17H,1,4-5,7-8H2. The van der Waals surface area contributed by atoms with E-state index >= 15 is 0 Å². The van der Waals surface area contributed by atoms with Crippen LogP contribution in [0.3, 0.4) is 0 Å². The molecule has 0 heterocycles. The first-order chi connectivity index (χ1) is 8.92. The predicted molar refractivity (Wildman–Crippen MR) is 67.1 cm³/mol. The van der Waals surface area contributed by atoms with Gasteiger partial charge in [0.25, 0.3) is 0 Å². The molecule has 0 saturated carbocycles. The molecule has 0 aliphatic rings. The second-order valence-corrected chi connectivity index (χ2v) is 4.64. The van der Waals surface area contributed by atoms with Crippen LogP contribution in [0.4, 0.5) is 13.2 Å². The summed E-state index contributed by atoms with van der Waals surface area (Å²) >= 11 is 3.27. The molecule has 1 N–H and O–H groups in total. The first-order valence-electron chi connectivity index (χ1n) is 5.59. The molecule has 19 heavy (non-hydrogen) atoms. The van der Waals surface area contributed by atoms with E-state index in [0.717, 1.165) is 4.47 Å². The predicted octanol–water partition coefficient (Wildman–Crippen LogP) is 3.29. The van der Waals surface area contributed by atoms with Crippen molar-refractivity contribution >= 4 is 15.9 Å². The van der Waals surface area contributed by atoms with Crippen LogP contribution in [0, 0.1) is 0 Å². The van der Waals surface area contributed by atoms with Gasteiger partial charge >= 0.3 is 6.18 Å². The summed E-state index contributed by atoms with van der Waals surface area (Å²) in [6.07, 6.45) is -3.93. The maximum absolute atomic E-state index is 11.8. The summed E-state index contributed by atoms with van der Waals surface area (Å²) in [5, 5.41) is 9.05. The molecule has 0 amide bonds. The van der Waals surface area contributed by atoms with Gasteiger partial charge in [0.2, 0.25) is 0 Å². The van der Waals surface area contributed by atoms with E-state index < -0.39 is 12.8 Å². The Kier molecular flexibility index (Phi) is 6.60. The van der Waals surface area contributed by atoms with Crippen molar-refractivity contribution in [3.8, 4) is 5.75 Å². The first-order valence-corrected chi connectivity index (χ1v) is 6.38.